The molecule has 44 heavy (non-hydrogen) atoms. The van der Waals surface area contributed by atoms with Crippen molar-refractivity contribution in [2.24, 2.45) is 0 Å². The highest BCUT2D eigenvalue weighted by Gasteiger charge is 2.33. The van der Waals surface area contributed by atoms with Crippen LogP contribution in [0.15, 0.2) is 60.8 Å². The second-order valence-electron chi connectivity index (χ2n) is 12.0. The molecule has 224 valence electrons. The van der Waals surface area contributed by atoms with Crippen molar-refractivity contribution in [3.8, 4) is 17.0 Å². The number of carbonyl (C=O) groups is 1. The lowest BCUT2D eigenvalue weighted by Crippen LogP contribution is -2.45. The molecule has 0 amide bonds. The van der Waals surface area contributed by atoms with Gasteiger partial charge in [-0.2, -0.15) is 4.37 Å². The molecule has 1 saturated heterocycles. The molecule has 3 heterocycles. The molecule has 8 rings (SSSR count). The molecule has 3 fully saturated rings. The van der Waals surface area contributed by atoms with Crippen molar-refractivity contribution in [2.75, 3.05) is 18.0 Å². The fourth-order valence-electron chi connectivity index (χ4n) is 6.28. The Morgan fingerprint density at radius 1 is 0.955 bits per heavy atom. The molecule has 0 radical (unpaired) electrons. The average Bonchev–Trinajstić information content (AvgIpc) is 3.92. The molecule has 10 heteroatoms. The van der Waals surface area contributed by atoms with Crippen LogP contribution in [-0.2, 0) is 6.61 Å². The summed E-state index contributed by atoms with van der Waals surface area (Å²) in [6.45, 7) is 2.05. The molecule has 3 aromatic carbocycles. The maximum Gasteiger partial charge on any atom is 0.337 e. The Morgan fingerprint density at radius 3 is 2.41 bits per heavy atom. The van der Waals surface area contributed by atoms with E-state index >= 15 is 0 Å². The minimum Gasteiger partial charge on any atom is -0.489 e. The summed E-state index contributed by atoms with van der Waals surface area (Å²) < 4.78 is 13.2. The topological polar surface area (TPSA) is 67.6 Å². The third kappa shape index (κ3) is 5.04. The largest absolute Gasteiger partial charge is 0.489 e. The number of hydrogen-bond donors (Lipinski definition) is 1. The van der Waals surface area contributed by atoms with Gasteiger partial charge in [-0.25, -0.2) is 4.79 Å². The molecule has 6 nitrogen and oxygen atoms in total. The number of carboxylic acid groups (broad SMARTS) is 1. The van der Waals surface area contributed by atoms with Gasteiger partial charge in [0.15, 0.2) is 0 Å². The van der Waals surface area contributed by atoms with Crippen molar-refractivity contribution in [1.29, 1.82) is 0 Å². The van der Waals surface area contributed by atoms with Gasteiger partial charge in [0.05, 0.1) is 26.8 Å². The number of aromatic carboxylic acids is 1. The van der Waals surface area contributed by atoms with Crippen molar-refractivity contribution in [3.05, 3.63) is 97.4 Å². The number of rotatable bonds is 9. The lowest BCUT2D eigenvalue weighted by molar-refractivity contribution is 0.0698. The Hall–Kier alpha value is -3.23. The van der Waals surface area contributed by atoms with Crippen LogP contribution in [0.2, 0.25) is 15.1 Å². The first kappa shape index (κ1) is 28.3. The predicted molar refractivity (Wildman–Crippen MR) is 177 cm³/mol. The van der Waals surface area contributed by atoms with Gasteiger partial charge in [-0.3, -0.25) is 0 Å². The lowest BCUT2D eigenvalue weighted by atomic mass is 9.90. The van der Waals surface area contributed by atoms with Crippen molar-refractivity contribution in [3.63, 3.8) is 0 Å². The molecule has 1 N–H and O–H groups in total. The number of hydrogen-bond acceptors (Lipinski definition) is 5. The van der Waals surface area contributed by atoms with E-state index in [-0.39, 0.29) is 0 Å². The van der Waals surface area contributed by atoms with Crippen molar-refractivity contribution in [2.45, 2.75) is 50.2 Å². The van der Waals surface area contributed by atoms with Crippen LogP contribution in [0, 0.1) is 0 Å². The maximum atomic E-state index is 11.8. The van der Waals surface area contributed by atoms with Gasteiger partial charge >= 0.3 is 5.97 Å². The second kappa shape index (κ2) is 11.0. The standard InChI is InChI=1S/C34H28Cl3N3O3S/c35-27-2-1-3-28(36)31(27)32-26(33(44-38-32)18-4-5-18)17-43-22-9-11-23(29(37)13-22)19-14-39(15-19)21-8-10-24-25(34(41)42)16-40(20-6-7-20)30(24)12-21/h1-3,8-13,16,18-20H,4-7,14-15,17H2,(H,41,42). The number of halogens is 3. The van der Waals surface area contributed by atoms with Gasteiger partial charge in [-0.05, 0) is 91.2 Å². The van der Waals surface area contributed by atoms with E-state index in [1.807, 2.05) is 42.5 Å². The molecule has 2 aromatic heterocycles. The van der Waals surface area contributed by atoms with Crippen LogP contribution < -0.4 is 9.64 Å². The van der Waals surface area contributed by atoms with Crippen LogP contribution >= 0.6 is 46.3 Å². The van der Waals surface area contributed by atoms with E-state index < -0.39 is 5.97 Å². The van der Waals surface area contributed by atoms with E-state index in [9.17, 15) is 9.90 Å². The number of aromatic nitrogens is 2. The minimum absolute atomic E-state index is 0.300. The molecule has 5 aromatic rings. The molecule has 1 aliphatic heterocycles. The fraction of sp³-hybridized carbons (Fsp3) is 0.294. The Morgan fingerprint density at radius 2 is 1.73 bits per heavy atom. The maximum absolute atomic E-state index is 11.8. The number of nitrogens with zero attached hydrogens (tertiary/aromatic N) is 3. The molecule has 0 bridgehead atoms. The van der Waals surface area contributed by atoms with Gasteiger partial charge in [0.25, 0.3) is 0 Å². The Labute approximate surface area is 273 Å². The monoisotopic (exact) mass is 663 g/mol. The first-order chi connectivity index (χ1) is 21.4. The van der Waals surface area contributed by atoms with Crippen LogP contribution in [-0.4, -0.2) is 33.1 Å². The smallest absolute Gasteiger partial charge is 0.337 e. The van der Waals surface area contributed by atoms with Gasteiger partial charge in [0, 0.05) is 63.3 Å². The summed E-state index contributed by atoms with van der Waals surface area (Å²) in [4.78, 5) is 15.4. The zero-order valence-electron chi connectivity index (χ0n) is 23.6. The molecule has 2 aliphatic carbocycles. The molecule has 0 atom stereocenters. The number of carboxylic acids is 1. The fourth-order valence-corrected chi connectivity index (χ4v) is 8.22. The van der Waals surface area contributed by atoms with Crippen molar-refractivity contribution < 1.29 is 14.6 Å². The van der Waals surface area contributed by atoms with Crippen molar-refractivity contribution >= 4 is 68.9 Å². The summed E-state index contributed by atoms with van der Waals surface area (Å²) in [6, 6.07) is 18.0. The van der Waals surface area contributed by atoms with Gasteiger partial charge in [-0.15, -0.1) is 0 Å². The van der Waals surface area contributed by atoms with Crippen LogP contribution in [0.1, 0.15) is 69.9 Å². The number of fused-ring (bicyclic) bond motifs is 1. The first-order valence-electron chi connectivity index (χ1n) is 14.8. The van der Waals surface area contributed by atoms with Gasteiger partial charge < -0.3 is 19.3 Å². The van der Waals surface area contributed by atoms with E-state index in [0.717, 1.165) is 77.7 Å². The normalized spacial score (nSPS) is 16.8. The SMILES string of the molecule is O=C(O)c1cn(C2CC2)c2cc(N3CC(c4ccc(OCc5c(-c6c(Cl)cccc6Cl)nsc5C5CC5)cc4Cl)C3)ccc12. The highest BCUT2D eigenvalue weighted by molar-refractivity contribution is 7.06. The summed E-state index contributed by atoms with van der Waals surface area (Å²) in [5.74, 6) is 0.647. The Bertz CT molecular complexity index is 1920. The van der Waals surface area contributed by atoms with Gasteiger partial charge in [0.2, 0.25) is 0 Å². The number of ether oxygens (including phenoxy) is 1. The highest BCUT2D eigenvalue weighted by Crippen LogP contribution is 2.48. The Balaban J connectivity index is 0.977. The summed E-state index contributed by atoms with van der Waals surface area (Å²) in [6.07, 6.45) is 6.31. The molecule has 0 spiro atoms. The summed E-state index contributed by atoms with van der Waals surface area (Å²) in [5, 5.41) is 12.3. The molecule has 0 unspecified atom stereocenters. The zero-order valence-corrected chi connectivity index (χ0v) is 26.7. The van der Waals surface area contributed by atoms with E-state index in [1.54, 1.807) is 6.20 Å². The third-order valence-corrected chi connectivity index (χ3v) is 11.0. The average molecular weight is 665 g/mol. The second-order valence-corrected chi connectivity index (χ2v) is 14.0. The third-order valence-electron chi connectivity index (χ3n) is 9.00. The summed E-state index contributed by atoms with van der Waals surface area (Å²) >= 11 is 21.4. The molecule has 3 aliphatic rings. The van der Waals surface area contributed by atoms with Crippen LogP contribution in [0.4, 0.5) is 5.69 Å². The van der Waals surface area contributed by atoms with Crippen LogP contribution in [0.25, 0.3) is 22.2 Å². The predicted octanol–water partition coefficient (Wildman–Crippen LogP) is 9.82. The Kier molecular flexibility index (Phi) is 7.05. The first-order valence-corrected chi connectivity index (χ1v) is 16.7. The summed E-state index contributed by atoms with van der Waals surface area (Å²) in [5.41, 5.74) is 6.17. The van der Waals surface area contributed by atoms with Crippen LogP contribution in [0.5, 0.6) is 5.75 Å². The van der Waals surface area contributed by atoms with Crippen molar-refractivity contribution in [1.82, 2.24) is 8.94 Å². The van der Waals surface area contributed by atoms with Gasteiger partial charge in [-0.1, -0.05) is 46.9 Å². The van der Waals surface area contributed by atoms with Crippen LogP contribution in [0.3, 0.4) is 0 Å². The quantitative estimate of drug-likeness (QED) is 0.170. The van der Waals surface area contributed by atoms with E-state index in [2.05, 4.69) is 21.6 Å². The summed E-state index contributed by atoms with van der Waals surface area (Å²) in [7, 11) is 0. The number of anilines is 1. The van der Waals surface area contributed by atoms with E-state index in [0.29, 0.717) is 50.9 Å². The lowest BCUT2D eigenvalue weighted by Gasteiger charge is -2.41. The number of benzene rings is 3. The zero-order chi connectivity index (χ0) is 30.1. The van der Waals surface area contributed by atoms with E-state index in [4.69, 9.17) is 43.9 Å². The minimum atomic E-state index is -0.881. The molecule has 2 saturated carbocycles. The van der Waals surface area contributed by atoms with Gasteiger partial charge in [0.1, 0.15) is 12.4 Å². The molecular formula is C34H28Cl3N3O3S. The molecular weight excluding hydrogens is 637 g/mol. The highest BCUT2D eigenvalue weighted by atomic mass is 35.5. The van der Waals surface area contributed by atoms with E-state index in [1.165, 1.54) is 16.4 Å².